The van der Waals surface area contributed by atoms with Crippen LogP contribution >= 0.6 is 24.0 Å². The standard InChI is InChI=1S/C23H35N5O2.HI/c1-3-25-23(26-15-17-9-11-18(12-10-17)21(29)24-2)27-20-13-14-28(16-20)22(30)19-7-5-4-6-8-19;/h9-12,19-20H,3-8,13-16H2,1-2H3,(H,24,29)(H2,25,26,27);1H. The van der Waals surface area contributed by atoms with Crippen LogP contribution in [0.2, 0.25) is 0 Å². The molecule has 7 nitrogen and oxygen atoms in total. The van der Waals surface area contributed by atoms with E-state index >= 15 is 0 Å². The SMILES string of the molecule is CCNC(=NCc1ccc(C(=O)NC)cc1)NC1CCN(C(=O)C2CCCCC2)C1.I. The highest BCUT2D eigenvalue weighted by Crippen LogP contribution is 2.26. The van der Waals surface area contributed by atoms with Gasteiger partial charge in [0.2, 0.25) is 5.91 Å². The molecule has 8 heteroatoms. The Morgan fingerprint density at radius 2 is 1.81 bits per heavy atom. The highest BCUT2D eigenvalue weighted by Gasteiger charge is 2.31. The minimum atomic E-state index is -0.0892. The smallest absolute Gasteiger partial charge is 0.251 e. The molecule has 1 atom stereocenters. The summed E-state index contributed by atoms with van der Waals surface area (Å²) in [5.74, 6) is 1.26. The van der Waals surface area contributed by atoms with E-state index < -0.39 is 0 Å². The van der Waals surface area contributed by atoms with E-state index in [1.54, 1.807) is 7.05 Å². The molecule has 31 heavy (non-hydrogen) atoms. The maximum atomic E-state index is 12.8. The van der Waals surface area contributed by atoms with Crippen LogP contribution in [0.25, 0.3) is 0 Å². The molecule has 2 fully saturated rings. The zero-order valence-electron chi connectivity index (χ0n) is 18.7. The lowest BCUT2D eigenvalue weighted by atomic mass is 9.88. The van der Waals surface area contributed by atoms with Crippen LogP contribution in [0.1, 0.15) is 61.4 Å². The average molecular weight is 541 g/mol. The van der Waals surface area contributed by atoms with Crippen LogP contribution in [0.4, 0.5) is 0 Å². The third-order valence-corrected chi connectivity index (χ3v) is 6.00. The fraction of sp³-hybridized carbons (Fsp3) is 0.609. The Bertz CT molecular complexity index is 747. The second-order valence-electron chi connectivity index (χ2n) is 8.22. The van der Waals surface area contributed by atoms with E-state index in [0.29, 0.717) is 18.0 Å². The van der Waals surface area contributed by atoms with Gasteiger partial charge in [-0.25, -0.2) is 4.99 Å². The number of nitrogens with zero attached hydrogens (tertiary/aromatic N) is 2. The molecule has 2 aliphatic rings. The molecular formula is C23H36IN5O2. The van der Waals surface area contributed by atoms with Crippen molar-refractivity contribution in [3.05, 3.63) is 35.4 Å². The zero-order valence-corrected chi connectivity index (χ0v) is 21.0. The lowest BCUT2D eigenvalue weighted by Gasteiger charge is -2.26. The molecule has 0 spiro atoms. The van der Waals surface area contributed by atoms with Gasteiger partial charge in [0.25, 0.3) is 5.91 Å². The molecule has 1 aromatic carbocycles. The van der Waals surface area contributed by atoms with Gasteiger partial charge in [-0.05, 0) is 43.9 Å². The molecule has 1 unspecified atom stereocenters. The number of benzene rings is 1. The van der Waals surface area contributed by atoms with E-state index in [-0.39, 0.29) is 41.8 Å². The Hall–Kier alpha value is -1.84. The Balaban J connectivity index is 0.00000341. The van der Waals surface area contributed by atoms with Gasteiger partial charge in [-0.2, -0.15) is 0 Å². The van der Waals surface area contributed by atoms with Gasteiger partial charge in [-0.3, -0.25) is 9.59 Å². The van der Waals surface area contributed by atoms with Gasteiger partial charge < -0.3 is 20.9 Å². The first kappa shape index (κ1) is 25.4. The molecule has 1 heterocycles. The van der Waals surface area contributed by atoms with Crippen LogP contribution < -0.4 is 16.0 Å². The third kappa shape index (κ3) is 7.36. The van der Waals surface area contributed by atoms with Crippen molar-refractivity contribution in [3.63, 3.8) is 0 Å². The van der Waals surface area contributed by atoms with Crippen molar-refractivity contribution >= 4 is 41.8 Å². The van der Waals surface area contributed by atoms with E-state index in [4.69, 9.17) is 4.99 Å². The Labute approximate surface area is 202 Å². The highest BCUT2D eigenvalue weighted by atomic mass is 127. The summed E-state index contributed by atoms with van der Waals surface area (Å²) < 4.78 is 0. The second kappa shape index (κ2) is 12.9. The minimum absolute atomic E-state index is 0. The number of likely N-dealkylation sites (tertiary alicyclic amines) is 1. The number of halogens is 1. The number of amides is 2. The van der Waals surface area contributed by atoms with Crippen molar-refractivity contribution in [2.45, 2.75) is 58.0 Å². The Morgan fingerprint density at radius 3 is 2.45 bits per heavy atom. The van der Waals surface area contributed by atoms with Crippen LogP contribution in [0.15, 0.2) is 29.3 Å². The number of guanidine groups is 1. The van der Waals surface area contributed by atoms with Crippen LogP contribution in [-0.4, -0.2) is 55.4 Å². The van der Waals surface area contributed by atoms with Crippen molar-refractivity contribution in [3.8, 4) is 0 Å². The molecule has 1 saturated carbocycles. The van der Waals surface area contributed by atoms with E-state index in [1.807, 2.05) is 36.1 Å². The lowest BCUT2D eigenvalue weighted by molar-refractivity contribution is -0.135. The van der Waals surface area contributed by atoms with Crippen molar-refractivity contribution in [2.75, 3.05) is 26.7 Å². The third-order valence-electron chi connectivity index (χ3n) is 6.00. The van der Waals surface area contributed by atoms with E-state index in [2.05, 4.69) is 16.0 Å². The van der Waals surface area contributed by atoms with Crippen LogP contribution in [0, 0.1) is 5.92 Å². The summed E-state index contributed by atoms with van der Waals surface area (Å²) >= 11 is 0. The van der Waals surface area contributed by atoms with Gasteiger partial charge in [0, 0.05) is 44.2 Å². The second-order valence-corrected chi connectivity index (χ2v) is 8.22. The fourth-order valence-electron chi connectivity index (χ4n) is 4.28. The molecule has 1 saturated heterocycles. The number of rotatable bonds is 6. The minimum Gasteiger partial charge on any atom is -0.357 e. The van der Waals surface area contributed by atoms with Gasteiger partial charge >= 0.3 is 0 Å². The van der Waals surface area contributed by atoms with Gasteiger partial charge in [0.15, 0.2) is 5.96 Å². The summed E-state index contributed by atoms with van der Waals surface area (Å²) in [5.41, 5.74) is 1.68. The molecule has 3 rings (SSSR count). The molecular weight excluding hydrogens is 505 g/mol. The van der Waals surface area contributed by atoms with Crippen molar-refractivity contribution < 1.29 is 9.59 Å². The zero-order chi connectivity index (χ0) is 21.3. The van der Waals surface area contributed by atoms with Crippen molar-refractivity contribution in [1.82, 2.24) is 20.9 Å². The average Bonchev–Trinajstić information content (AvgIpc) is 3.26. The van der Waals surface area contributed by atoms with E-state index in [0.717, 1.165) is 50.4 Å². The first-order chi connectivity index (χ1) is 14.6. The lowest BCUT2D eigenvalue weighted by Crippen LogP contribution is -2.45. The molecule has 0 aromatic heterocycles. The largest absolute Gasteiger partial charge is 0.357 e. The Morgan fingerprint density at radius 1 is 1.10 bits per heavy atom. The van der Waals surface area contributed by atoms with Gasteiger partial charge in [-0.15, -0.1) is 24.0 Å². The predicted octanol–water partition coefficient (Wildman–Crippen LogP) is 2.90. The van der Waals surface area contributed by atoms with Crippen molar-refractivity contribution in [2.24, 2.45) is 10.9 Å². The monoisotopic (exact) mass is 541 g/mol. The molecule has 172 valence electrons. The maximum Gasteiger partial charge on any atom is 0.251 e. The van der Waals surface area contributed by atoms with Gasteiger partial charge in [0.05, 0.1) is 6.54 Å². The summed E-state index contributed by atoms with van der Waals surface area (Å²) in [5, 5.41) is 9.42. The number of aliphatic imine (C=N–C) groups is 1. The summed E-state index contributed by atoms with van der Waals surface area (Å²) in [6.45, 7) is 4.93. The normalized spacial score (nSPS) is 19.5. The predicted molar refractivity (Wildman–Crippen MR) is 135 cm³/mol. The molecule has 1 aromatic rings. The summed E-state index contributed by atoms with van der Waals surface area (Å²) in [6.07, 6.45) is 6.70. The van der Waals surface area contributed by atoms with Gasteiger partial charge in [-0.1, -0.05) is 31.4 Å². The summed E-state index contributed by atoms with van der Waals surface area (Å²) in [7, 11) is 1.63. The first-order valence-electron chi connectivity index (χ1n) is 11.3. The highest BCUT2D eigenvalue weighted by molar-refractivity contribution is 14.0. The van der Waals surface area contributed by atoms with Crippen LogP contribution in [-0.2, 0) is 11.3 Å². The number of nitrogens with one attached hydrogen (secondary N) is 3. The number of hydrogen-bond acceptors (Lipinski definition) is 3. The quantitative estimate of drug-likeness (QED) is 0.294. The molecule has 0 radical (unpaired) electrons. The molecule has 0 bridgehead atoms. The first-order valence-corrected chi connectivity index (χ1v) is 11.3. The topological polar surface area (TPSA) is 85.8 Å². The number of carbonyl (C=O) groups is 2. The maximum absolute atomic E-state index is 12.8. The molecule has 1 aliphatic heterocycles. The van der Waals surface area contributed by atoms with E-state index in [9.17, 15) is 9.59 Å². The van der Waals surface area contributed by atoms with Gasteiger partial charge in [0.1, 0.15) is 0 Å². The molecule has 1 aliphatic carbocycles. The van der Waals surface area contributed by atoms with Crippen LogP contribution in [0.3, 0.4) is 0 Å². The number of carbonyl (C=O) groups excluding carboxylic acids is 2. The molecule has 3 N–H and O–H groups in total. The van der Waals surface area contributed by atoms with Crippen molar-refractivity contribution in [1.29, 1.82) is 0 Å². The fourth-order valence-corrected chi connectivity index (χ4v) is 4.28. The molecule has 2 amide bonds. The Kier molecular flexibility index (Phi) is 10.6. The summed E-state index contributed by atoms with van der Waals surface area (Å²) in [6, 6.07) is 7.71. The van der Waals surface area contributed by atoms with E-state index in [1.165, 1.54) is 19.3 Å². The summed E-state index contributed by atoms with van der Waals surface area (Å²) in [4.78, 5) is 31.2. The number of hydrogen-bond donors (Lipinski definition) is 3. The van der Waals surface area contributed by atoms with Crippen LogP contribution in [0.5, 0.6) is 0 Å².